The highest BCUT2D eigenvalue weighted by atomic mass is 16.6. The van der Waals surface area contributed by atoms with Crippen LogP contribution in [0.2, 0.25) is 0 Å². The van der Waals surface area contributed by atoms with E-state index in [0.717, 1.165) is 11.3 Å². The molecule has 0 spiro atoms. The van der Waals surface area contributed by atoms with Gasteiger partial charge in [-0.2, -0.15) is 0 Å². The molecule has 1 rings (SSSR count). The van der Waals surface area contributed by atoms with E-state index in [-0.39, 0.29) is 25.0 Å². The molecule has 1 aromatic carbocycles. The number of hydrogen-bond donors (Lipinski definition) is 2. The van der Waals surface area contributed by atoms with Crippen LogP contribution in [0.3, 0.4) is 0 Å². The molecule has 1 aromatic rings. The number of ether oxygens (including phenoxy) is 2. The molecule has 0 heterocycles. The fourth-order valence-corrected chi connectivity index (χ4v) is 2.47. The lowest BCUT2D eigenvalue weighted by atomic mass is 10.0. The van der Waals surface area contributed by atoms with E-state index in [1.807, 2.05) is 18.2 Å². The molecular formula is C20H32N2O4. The molecule has 0 saturated carbocycles. The van der Waals surface area contributed by atoms with Gasteiger partial charge in [-0.15, -0.1) is 0 Å². The molecule has 0 aliphatic rings. The fraction of sp³-hybridized carbons (Fsp3) is 0.600. The molecule has 0 aliphatic carbocycles. The first-order valence-electron chi connectivity index (χ1n) is 9.10. The summed E-state index contributed by atoms with van der Waals surface area (Å²) in [6, 6.07) is 7.65. The average Bonchev–Trinajstić information content (AvgIpc) is 2.51. The van der Waals surface area contributed by atoms with Crippen LogP contribution < -0.4 is 10.6 Å². The molecular weight excluding hydrogens is 332 g/mol. The fourth-order valence-electron chi connectivity index (χ4n) is 2.47. The molecule has 0 aromatic heterocycles. The molecule has 1 atom stereocenters. The summed E-state index contributed by atoms with van der Waals surface area (Å²) in [5.41, 5.74) is 1.53. The first-order chi connectivity index (χ1) is 12.1. The van der Waals surface area contributed by atoms with Crippen LogP contribution >= 0.6 is 0 Å². The molecule has 2 N–H and O–H groups in total. The predicted octanol–water partition coefficient (Wildman–Crippen LogP) is 4.07. The van der Waals surface area contributed by atoms with Crippen molar-refractivity contribution >= 4 is 17.7 Å². The summed E-state index contributed by atoms with van der Waals surface area (Å²) >= 11 is 0. The van der Waals surface area contributed by atoms with Crippen LogP contribution in [0, 0.1) is 0 Å². The summed E-state index contributed by atoms with van der Waals surface area (Å²) < 4.78 is 10.3. The number of anilines is 1. The molecule has 0 fully saturated rings. The molecule has 1 amide bonds. The highest BCUT2D eigenvalue weighted by Crippen LogP contribution is 2.24. The third-order valence-electron chi connectivity index (χ3n) is 3.55. The van der Waals surface area contributed by atoms with Crippen molar-refractivity contribution in [1.29, 1.82) is 0 Å². The average molecular weight is 364 g/mol. The zero-order chi connectivity index (χ0) is 19.7. The van der Waals surface area contributed by atoms with E-state index in [1.165, 1.54) is 0 Å². The summed E-state index contributed by atoms with van der Waals surface area (Å²) in [6.45, 7) is 12.0. The van der Waals surface area contributed by atoms with E-state index in [4.69, 9.17) is 9.47 Å². The summed E-state index contributed by atoms with van der Waals surface area (Å²) in [5.74, 6) is 0.0266. The van der Waals surface area contributed by atoms with E-state index in [0.29, 0.717) is 12.5 Å². The van der Waals surface area contributed by atoms with Gasteiger partial charge < -0.3 is 20.1 Å². The van der Waals surface area contributed by atoms with Crippen LogP contribution in [0.15, 0.2) is 24.3 Å². The summed E-state index contributed by atoms with van der Waals surface area (Å²) in [5, 5.41) is 6.09. The Morgan fingerprint density at radius 1 is 1.15 bits per heavy atom. The summed E-state index contributed by atoms with van der Waals surface area (Å²) in [7, 11) is 0. The number of amides is 1. The summed E-state index contributed by atoms with van der Waals surface area (Å²) in [6.07, 6.45) is -0.360. The first-order valence-corrected chi connectivity index (χ1v) is 9.10. The third-order valence-corrected chi connectivity index (χ3v) is 3.55. The Labute approximate surface area is 156 Å². The van der Waals surface area contributed by atoms with Gasteiger partial charge in [0.2, 0.25) is 0 Å². The van der Waals surface area contributed by atoms with Crippen molar-refractivity contribution in [1.82, 2.24) is 5.32 Å². The number of rotatable bonds is 8. The van der Waals surface area contributed by atoms with Crippen molar-refractivity contribution < 1.29 is 19.1 Å². The zero-order valence-electron chi connectivity index (χ0n) is 16.7. The highest BCUT2D eigenvalue weighted by molar-refractivity contribution is 5.72. The van der Waals surface area contributed by atoms with Gasteiger partial charge >= 0.3 is 12.1 Å². The maximum Gasteiger partial charge on any atom is 0.407 e. The molecule has 0 saturated heterocycles. The lowest BCUT2D eigenvalue weighted by Gasteiger charge is -2.24. The van der Waals surface area contributed by atoms with Gasteiger partial charge in [0.05, 0.1) is 19.1 Å². The number of hydrogen-bond acceptors (Lipinski definition) is 5. The Morgan fingerprint density at radius 2 is 1.81 bits per heavy atom. The molecule has 0 radical (unpaired) electrons. The van der Waals surface area contributed by atoms with E-state index in [1.54, 1.807) is 27.7 Å². The van der Waals surface area contributed by atoms with Gasteiger partial charge in [-0.1, -0.05) is 32.0 Å². The number of carbonyl (C=O) groups is 2. The van der Waals surface area contributed by atoms with Crippen LogP contribution in [0.1, 0.15) is 59.4 Å². The van der Waals surface area contributed by atoms with Crippen LogP contribution in [0.5, 0.6) is 0 Å². The molecule has 0 bridgehead atoms. The van der Waals surface area contributed by atoms with Crippen LogP contribution in [0.4, 0.5) is 10.5 Å². The van der Waals surface area contributed by atoms with E-state index in [2.05, 4.69) is 30.5 Å². The second-order valence-corrected chi connectivity index (χ2v) is 7.48. The van der Waals surface area contributed by atoms with Crippen molar-refractivity contribution in [2.45, 2.75) is 65.5 Å². The van der Waals surface area contributed by atoms with Crippen molar-refractivity contribution in [3.05, 3.63) is 29.8 Å². The first kappa shape index (κ1) is 21.8. The van der Waals surface area contributed by atoms with Crippen LogP contribution in [-0.4, -0.2) is 36.9 Å². The zero-order valence-corrected chi connectivity index (χ0v) is 16.7. The Bertz CT molecular complexity index is 594. The molecule has 6 nitrogen and oxygen atoms in total. The number of carbonyl (C=O) groups excluding carboxylic acids is 2. The van der Waals surface area contributed by atoms with Crippen molar-refractivity contribution in [3.63, 3.8) is 0 Å². The van der Waals surface area contributed by atoms with E-state index >= 15 is 0 Å². The van der Waals surface area contributed by atoms with Gasteiger partial charge in [0.15, 0.2) is 0 Å². The molecule has 1 unspecified atom stereocenters. The molecule has 26 heavy (non-hydrogen) atoms. The number of benzene rings is 1. The number of esters is 1. The van der Waals surface area contributed by atoms with Gasteiger partial charge in [0.25, 0.3) is 0 Å². The maximum atomic E-state index is 11.9. The van der Waals surface area contributed by atoms with Crippen LogP contribution in [-0.2, 0) is 14.3 Å². The lowest BCUT2D eigenvalue weighted by Crippen LogP contribution is -2.40. The number of alkyl carbamates (subject to hydrolysis) is 1. The lowest BCUT2D eigenvalue weighted by molar-refractivity contribution is -0.143. The molecule has 146 valence electrons. The van der Waals surface area contributed by atoms with Gasteiger partial charge in [-0.25, -0.2) is 4.79 Å². The number of nitrogens with one attached hydrogen (secondary N) is 2. The third kappa shape index (κ3) is 8.23. The normalized spacial score (nSPS) is 12.4. The minimum atomic E-state index is -0.571. The topological polar surface area (TPSA) is 76.7 Å². The van der Waals surface area contributed by atoms with Gasteiger partial charge in [0, 0.05) is 12.2 Å². The largest absolute Gasteiger partial charge is 0.466 e. The van der Waals surface area contributed by atoms with E-state index < -0.39 is 11.7 Å². The van der Waals surface area contributed by atoms with Crippen LogP contribution in [0.25, 0.3) is 0 Å². The molecule has 6 heteroatoms. The van der Waals surface area contributed by atoms with Crippen molar-refractivity contribution in [3.8, 4) is 0 Å². The Morgan fingerprint density at radius 3 is 2.38 bits per heavy atom. The van der Waals surface area contributed by atoms with Crippen molar-refractivity contribution in [2.75, 3.05) is 18.5 Å². The Hall–Kier alpha value is -2.24. The minimum Gasteiger partial charge on any atom is -0.466 e. The van der Waals surface area contributed by atoms with Gasteiger partial charge in [0.1, 0.15) is 5.60 Å². The van der Waals surface area contributed by atoms with Crippen molar-refractivity contribution in [2.24, 2.45) is 0 Å². The highest BCUT2D eigenvalue weighted by Gasteiger charge is 2.20. The minimum absolute atomic E-state index is 0.149. The second-order valence-electron chi connectivity index (χ2n) is 7.48. The maximum absolute atomic E-state index is 11.9. The quantitative estimate of drug-likeness (QED) is 0.680. The smallest absolute Gasteiger partial charge is 0.407 e. The second kappa shape index (κ2) is 10.0. The standard InChI is InChI=1S/C20H32N2O4/c1-7-25-18(23)12-15(13-21-19(24)26-20(4,5)6)22-17-11-9-8-10-16(17)14(2)3/h8-11,14-15,22H,7,12-13H2,1-6H3,(H,21,24). The summed E-state index contributed by atoms with van der Waals surface area (Å²) in [4.78, 5) is 23.9. The SMILES string of the molecule is CCOC(=O)CC(CNC(=O)OC(C)(C)C)Nc1ccccc1C(C)C. The molecule has 0 aliphatic heterocycles. The number of para-hydroxylation sites is 1. The van der Waals surface area contributed by atoms with Gasteiger partial charge in [-0.3, -0.25) is 4.79 Å². The monoisotopic (exact) mass is 364 g/mol. The predicted molar refractivity (Wildman–Crippen MR) is 103 cm³/mol. The van der Waals surface area contributed by atoms with Gasteiger partial charge in [-0.05, 0) is 45.2 Å². The Kier molecular flexibility index (Phi) is 8.42. The van der Waals surface area contributed by atoms with E-state index in [9.17, 15) is 9.59 Å². The Balaban J connectivity index is 2.82.